The van der Waals surface area contributed by atoms with Gasteiger partial charge in [-0.25, -0.2) is 0 Å². The monoisotopic (exact) mass is 160 g/mol. The van der Waals surface area contributed by atoms with Crippen LogP contribution in [0.2, 0.25) is 0 Å². The summed E-state index contributed by atoms with van der Waals surface area (Å²) >= 11 is 0. The van der Waals surface area contributed by atoms with Gasteiger partial charge >= 0.3 is 0 Å². The summed E-state index contributed by atoms with van der Waals surface area (Å²) < 4.78 is 4.89. The Bertz CT molecular complexity index is 76.5. The average molecular weight is 160 g/mol. The minimum atomic E-state index is 0.583. The third-order valence-electron chi connectivity index (χ3n) is 1.34. The van der Waals surface area contributed by atoms with Crippen molar-refractivity contribution in [1.29, 1.82) is 0 Å². The molecule has 0 amide bonds. The molecule has 0 rings (SSSR count). The quantitative estimate of drug-likeness (QED) is 0.523. The Balaban J connectivity index is 2.80. The Morgan fingerprint density at radius 2 is 1.91 bits per heavy atom. The van der Waals surface area contributed by atoms with Crippen molar-refractivity contribution in [2.45, 2.75) is 19.9 Å². The highest BCUT2D eigenvalue weighted by Gasteiger charge is 1.90. The second kappa shape index (κ2) is 7.98. The van der Waals surface area contributed by atoms with E-state index in [0.717, 1.165) is 26.2 Å². The predicted molar refractivity (Wildman–Crippen MR) is 47.9 cm³/mol. The van der Waals surface area contributed by atoms with E-state index in [-0.39, 0.29) is 0 Å². The largest absolute Gasteiger partial charge is 0.383 e. The Morgan fingerprint density at radius 3 is 2.45 bits per heavy atom. The fourth-order valence-electron chi connectivity index (χ4n) is 0.748. The summed E-state index contributed by atoms with van der Waals surface area (Å²) in [5, 5.41) is 6.57. The fourth-order valence-corrected chi connectivity index (χ4v) is 0.748. The average Bonchev–Trinajstić information content (AvgIpc) is 1.96. The molecule has 68 valence electrons. The molecule has 0 heterocycles. The van der Waals surface area contributed by atoms with E-state index in [1.54, 1.807) is 7.11 Å². The fraction of sp³-hybridized carbons (Fsp3) is 1.00. The molecule has 0 aliphatic rings. The van der Waals surface area contributed by atoms with Gasteiger partial charge in [0.05, 0.1) is 6.61 Å². The highest BCUT2D eigenvalue weighted by molar-refractivity contribution is 4.54. The van der Waals surface area contributed by atoms with Gasteiger partial charge in [0, 0.05) is 32.8 Å². The van der Waals surface area contributed by atoms with Crippen LogP contribution < -0.4 is 10.6 Å². The normalized spacial score (nSPS) is 10.9. The first-order chi connectivity index (χ1) is 5.27. The molecule has 0 unspecified atom stereocenters. The standard InChI is InChI=1S/C8H20N2O/c1-8(2)10-5-4-9-6-7-11-3/h8-10H,4-7H2,1-3H3. The molecule has 0 aliphatic carbocycles. The van der Waals surface area contributed by atoms with Gasteiger partial charge in [-0.1, -0.05) is 13.8 Å². The lowest BCUT2D eigenvalue weighted by atomic mass is 10.4. The van der Waals surface area contributed by atoms with Crippen LogP contribution in [0.15, 0.2) is 0 Å². The number of hydrogen-bond donors (Lipinski definition) is 2. The van der Waals surface area contributed by atoms with Crippen LogP contribution in [0.5, 0.6) is 0 Å². The van der Waals surface area contributed by atoms with E-state index in [4.69, 9.17) is 4.74 Å². The van der Waals surface area contributed by atoms with Gasteiger partial charge in [-0.3, -0.25) is 0 Å². The van der Waals surface area contributed by atoms with E-state index in [0.29, 0.717) is 6.04 Å². The molecule has 0 saturated heterocycles. The van der Waals surface area contributed by atoms with Crippen LogP contribution in [0.1, 0.15) is 13.8 Å². The van der Waals surface area contributed by atoms with Gasteiger partial charge in [-0.2, -0.15) is 0 Å². The van der Waals surface area contributed by atoms with Crippen molar-refractivity contribution in [2.24, 2.45) is 0 Å². The minimum absolute atomic E-state index is 0.583. The van der Waals surface area contributed by atoms with Gasteiger partial charge in [-0.05, 0) is 0 Å². The molecule has 3 heteroatoms. The maximum Gasteiger partial charge on any atom is 0.0587 e. The summed E-state index contributed by atoms with van der Waals surface area (Å²) in [4.78, 5) is 0. The molecule has 0 spiro atoms. The highest BCUT2D eigenvalue weighted by Crippen LogP contribution is 1.72. The van der Waals surface area contributed by atoms with E-state index in [1.165, 1.54) is 0 Å². The first kappa shape index (κ1) is 10.9. The van der Waals surface area contributed by atoms with Crippen molar-refractivity contribution in [3.63, 3.8) is 0 Å². The number of ether oxygens (including phenoxy) is 1. The molecule has 0 atom stereocenters. The molecule has 0 aromatic rings. The number of hydrogen-bond acceptors (Lipinski definition) is 3. The zero-order valence-electron chi connectivity index (χ0n) is 7.81. The first-order valence-corrected chi connectivity index (χ1v) is 4.20. The van der Waals surface area contributed by atoms with Crippen molar-refractivity contribution in [3.05, 3.63) is 0 Å². The lowest BCUT2D eigenvalue weighted by molar-refractivity contribution is 0.199. The summed E-state index contributed by atoms with van der Waals surface area (Å²) in [5.41, 5.74) is 0. The molecule has 3 nitrogen and oxygen atoms in total. The lowest BCUT2D eigenvalue weighted by Gasteiger charge is -2.08. The predicted octanol–water partition coefficient (Wildman–Crippen LogP) is 0.220. The second-order valence-electron chi connectivity index (χ2n) is 2.85. The van der Waals surface area contributed by atoms with Crippen LogP contribution in [-0.4, -0.2) is 39.4 Å². The molecule has 0 bridgehead atoms. The zero-order valence-corrected chi connectivity index (χ0v) is 7.81. The van der Waals surface area contributed by atoms with E-state index < -0.39 is 0 Å². The van der Waals surface area contributed by atoms with Gasteiger partial charge in [0.15, 0.2) is 0 Å². The van der Waals surface area contributed by atoms with Crippen LogP contribution in [0.3, 0.4) is 0 Å². The van der Waals surface area contributed by atoms with Crippen molar-refractivity contribution in [3.8, 4) is 0 Å². The molecule has 0 radical (unpaired) electrons. The number of methoxy groups -OCH3 is 1. The van der Waals surface area contributed by atoms with Crippen LogP contribution in [0.25, 0.3) is 0 Å². The molecule has 0 saturated carbocycles. The first-order valence-electron chi connectivity index (χ1n) is 4.20. The SMILES string of the molecule is COCCNCCNC(C)C. The molecule has 0 aromatic heterocycles. The Kier molecular flexibility index (Phi) is 7.89. The van der Waals surface area contributed by atoms with Gasteiger partial charge in [0.1, 0.15) is 0 Å². The van der Waals surface area contributed by atoms with E-state index >= 15 is 0 Å². The molecule has 0 aromatic carbocycles. The van der Waals surface area contributed by atoms with Gasteiger partial charge in [0.25, 0.3) is 0 Å². The molecule has 0 aliphatic heterocycles. The Labute approximate surface area is 69.5 Å². The number of nitrogens with one attached hydrogen (secondary N) is 2. The van der Waals surface area contributed by atoms with Crippen LogP contribution in [0, 0.1) is 0 Å². The van der Waals surface area contributed by atoms with Crippen LogP contribution in [0.4, 0.5) is 0 Å². The summed E-state index contributed by atoms with van der Waals surface area (Å²) in [6, 6.07) is 0.583. The molecular weight excluding hydrogens is 140 g/mol. The van der Waals surface area contributed by atoms with Crippen LogP contribution >= 0.6 is 0 Å². The molecule has 0 fully saturated rings. The van der Waals surface area contributed by atoms with Crippen molar-refractivity contribution in [1.82, 2.24) is 10.6 Å². The maximum atomic E-state index is 4.89. The van der Waals surface area contributed by atoms with Crippen molar-refractivity contribution in [2.75, 3.05) is 33.4 Å². The zero-order chi connectivity index (χ0) is 8.53. The van der Waals surface area contributed by atoms with Gasteiger partial charge < -0.3 is 15.4 Å². The smallest absolute Gasteiger partial charge is 0.0587 e. The summed E-state index contributed by atoms with van der Waals surface area (Å²) in [5.74, 6) is 0. The summed E-state index contributed by atoms with van der Waals surface area (Å²) in [6.07, 6.45) is 0. The minimum Gasteiger partial charge on any atom is -0.383 e. The summed E-state index contributed by atoms with van der Waals surface area (Å²) in [7, 11) is 1.72. The molecular formula is C8H20N2O. The lowest BCUT2D eigenvalue weighted by Crippen LogP contribution is -2.32. The van der Waals surface area contributed by atoms with E-state index in [9.17, 15) is 0 Å². The third kappa shape index (κ3) is 9.88. The van der Waals surface area contributed by atoms with E-state index in [2.05, 4.69) is 24.5 Å². The maximum absolute atomic E-state index is 4.89. The van der Waals surface area contributed by atoms with Crippen molar-refractivity contribution < 1.29 is 4.74 Å². The Hall–Kier alpha value is -0.120. The number of rotatable bonds is 7. The van der Waals surface area contributed by atoms with Crippen LogP contribution in [-0.2, 0) is 4.74 Å². The van der Waals surface area contributed by atoms with Crippen molar-refractivity contribution >= 4 is 0 Å². The van der Waals surface area contributed by atoms with Gasteiger partial charge in [-0.15, -0.1) is 0 Å². The Morgan fingerprint density at radius 1 is 1.18 bits per heavy atom. The second-order valence-corrected chi connectivity index (χ2v) is 2.85. The van der Waals surface area contributed by atoms with Gasteiger partial charge in [0.2, 0.25) is 0 Å². The molecule has 11 heavy (non-hydrogen) atoms. The van der Waals surface area contributed by atoms with E-state index in [1.807, 2.05) is 0 Å². The highest BCUT2D eigenvalue weighted by atomic mass is 16.5. The third-order valence-corrected chi connectivity index (χ3v) is 1.34. The molecule has 2 N–H and O–H groups in total. The summed E-state index contributed by atoms with van der Waals surface area (Å²) in [6.45, 7) is 8.07. The topological polar surface area (TPSA) is 33.3 Å².